The smallest absolute Gasteiger partial charge is 0.390 e. The van der Waals surface area contributed by atoms with Gasteiger partial charge in [0.05, 0.1) is 33.5 Å². The van der Waals surface area contributed by atoms with Crippen LogP contribution in [0.15, 0.2) is 58.8 Å². The van der Waals surface area contributed by atoms with Crippen LogP contribution >= 0.6 is 34.8 Å². The van der Waals surface area contributed by atoms with Crippen LogP contribution in [0.3, 0.4) is 0 Å². The minimum absolute atomic E-state index is 0.0455. The topological polar surface area (TPSA) is 72.3 Å². The predicted molar refractivity (Wildman–Crippen MR) is 147 cm³/mol. The van der Waals surface area contributed by atoms with E-state index in [2.05, 4.69) is 15.6 Å². The van der Waals surface area contributed by atoms with Gasteiger partial charge in [-0.3, -0.25) is 4.79 Å². The number of benzene rings is 3. The highest BCUT2D eigenvalue weighted by Gasteiger charge is 2.62. The number of rotatable bonds is 6. The molecule has 0 aliphatic carbocycles. The molecule has 3 aromatic rings. The van der Waals surface area contributed by atoms with Crippen LogP contribution < -0.4 is 5.32 Å². The molecule has 0 aromatic heterocycles. The molecule has 0 fully saturated rings. The van der Waals surface area contributed by atoms with Gasteiger partial charge in [0.25, 0.3) is 11.5 Å². The Morgan fingerprint density at radius 2 is 1.74 bits per heavy atom. The Morgan fingerprint density at radius 1 is 1.10 bits per heavy atom. The minimum atomic E-state index is -4.87. The van der Waals surface area contributed by atoms with E-state index < -0.39 is 23.8 Å². The van der Waals surface area contributed by atoms with E-state index in [1.165, 1.54) is 12.3 Å². The van der Waals surface area contributed by atoms with Crippen LogP contribution in [0.5, 0.6) is 0 Å². The zero-order chi connectivity index (χ0) is 28.6. The molecule has 1 amide bonds. The third-order valence-electron chi connectivity index (χ3n) is 5.87. The Bertz CT molecular complexity index is 1460. The monoisotopic (exact) mass is 599 g/mol. The standard InChI is InChI=1S/C27H23Cl3F3N3O3/c1-25(2,3)38-35-11-10-34-24(37)19-9-8-18(16-6-4-5-7-17(16)19)22-14-26(39-36-22,27(31,32)33)15-12-20(28)23(30)21(29)13-15/h4-9,11-13H,10,14H2,1-3H3,(H,34,37)/b35-11+. The van der Waals surface area contributed by atoms with E-state index in [4.69, 9.17) is 44.5 Å². The maximum Gasteiger partial charge on any atom is 0.435 e. The first kappa shape index (κ1) is 29.0. The highest BCUT2D eigenvalue weighted by atomic mass is 35.5. The summed E-state index contributed by atoms with van der Waals surface area (Å²) in [5.41, 5.74) is -2.85. The summed E-state index contributed by atoms with van der Waals surface area (Å²) in [6.07, 6.45) is -4.09. The first-order chi connectivity index (χ1) is 18.2. The van der Waals surface area contributed by atoms with E-state index >= 15 is 0 Å². The number of halogens is 6. The molecule has 39 heavy (non-hydrogen) atoms. The number of nitrogens with zero attached hydrogens (tertiary/aromatic N) is 2. The maximum absolute atomic E-state index is 14.5. The van der Waals surface area contributed by atoms with Crippen LogP contribution in [0.4, 0.5) is 13.2 Å². The van der Waals surface area contributed by atoms with Crippen molar-refractivity contribution in [2.45, 2.75) is 44.6 Å². The van der Waals surface area contributed by atoms with Gasteiger partial charge < -0.3 is 15.0 Å². The van der Waals surface area contributed by atoms with Crippen molar-refractivity contribution < 1.29 is 27.6 Å². The first-order valence-electron chi connectivity index (χ1n) is 11.7. The van der Waals surface area contributed by atoms with Gasteiger partial charge in [-0.2, -0.15) is 13.2 Å². The molecule has 0 radical (unpaired) electrons. The van der Waals surface area contributed by atoms with Crippen molar-refractivity contribution in [3.05, 3.63) is 80.3 Å². The number of hydrogen-bond acceptors (Lipinski definition) is 5. The molecular weight excluding hydrogens is 578 g/mol. The zero-order valence-electron chi connectivity index (χ0n) is 21.0. The van der Waals surface area contributed by atoms with Gasteiger partial charge in [0.15, 0.2) is 0 Å². The van der Waals surface area contributed by atoms with Gasteiger partial charge in [0.2, 0.25) is 0 Å². The van der Waals surface area contributed by atoms with E-state index in [0.717, 1.165) is 12.1 Å². The molecule has 6 nitrogen and oxygen atoms in total. The Labute approximate surface area is 237 Å². The van der Waals surface area contributed by atoms with Crippen LogP contribution in [0.1, 0.15) is 48.7 Å². The molecule has 0 spiro atoms. The lowest BCUT2D eigenvalue weighted by Crippen LogP contribution is -2.42. The van der Waals surface area contributed by atoms with Crippen LogP contribution in [-0.4, -0.2) is 36.2 Å². The summed E-state index contributed by atoms with van der Waals surface area (Å²) in [7, 11) is 0. The van der Waals surface area contributed by atoms with Crippen molar-refractivity contribution in [3.8, 4) is 0 Å². The summed E-state index contributed by atoms with van der Waals surface area (Å²) in [4.78, 5) is 23.3. The second-order valence-electron chi connectivity index (χ2n) is 9.79. The minimum Gasteiger partial charge on any atom is -0.390 e. The molecule has 1 unspecified atom stereocenters. The fourth-order valence-corrected chi connectivity index (χ4v) is 4.65. The van der Waals surface area contributed by atoms with Gasteiger partial charge >= 0.3 is 6.18 Å². The predicted octanol–water partition coefficient (Wildman–Crippen LogP) is 7.91. The molecule has 4 rings (SSSR count). The quantitative estimate of drug-likeness (QED) is 0.178. The summed E-state index contributed by atoms with van der Waals surface area (Å²) in [6, 6.07) is 12.1. The Morgan fingerprint density at radius 3 is 2.36 bits per heavy atom. The summed E-state index contributed by atoms with van der Waals surface area (Å²) >= 11 is 18.0. The van der Waals surface area contributed by atoms with Gasteiger partial charge in [-0.1, -0.05) is 75.4 Å². The van der Waals surface area contributed by atoms with Crippen molar-refractivity contribution in [2.24, 2.45) is 10.3 Å². The molecule has 0 bridgehead atoms. The van der Waals surface area contributed by atoms with Crippen molar-refractivity contribution in [3.63, 3.8) is 0 Å². The van der Waals surface area contributed by atoms with Crippen LogP contribution in [-0.2, 0) is 15.3 Å². The van der Waals surface area contributed by atoms with E-state index in [1.54, 1.807) is 30.3 Å². The highest BCUT2D eigenvalue weighted by Crippen LogP contribution is 2.51. The fourth-order valence-electron chi connectivity index (χ4n) is 4.05. The third-order valence-corrected chi connectivity index (χ3v) is 7.07. The Kier molecular flexibility index (Phi) is 8.08. The van der Waals surface area contributed by atoms with Crippen LogP contribution in [0, 0.1) is 0 Å². The second kappa shape index (κ2) is 10.9. The summed E-state index contributed by atoms with van der Waals surface area (Å²) in [5, 5.41) is 11.1. The number of alkyl halides is 3. The second-order valence-corrected chi connectivity index (χ2v) is 11.0. The van der Waals surface area contributed by atoms with Crippen LogP contribution in [0.25, 0.3) is 10.8 Å². The molecule has 206 valence electrons. The fraction of sp³-hybridized carbons (Fsp3) is 0.296. The number of hydrogen-bond donors (Lipinski definition) is 1. The van der Waals surface area contributed by atoms with Crippen molar-refractivity contribution in [2.75, 3.05) is 6.54 Å². The van der Waals surface area contributed by atoms with Crippen molar-refractivity contribution >= 4 is 63.4 Å². The Balaban J connectivity index is 1.65. The van der Waals surface area contributed by atoms with E-state index in [9.17, 15) is 18.0 Å². The van der Waals surface area contributed by atoms with Gasteiger partial charge in [-0.15, -0.1) is 0 Å². The number of nitrogens with one attached hydrogen (secondary N) is 1. The maximum atomic E-state index is 14.5. The number of fused-ring (bicyclic) bond motifs is 1. The lowest BCUT2D eigenvalue weighted by Gasteiger charge is -2.30. The lowest BCUT2D eigenvalue weighted by molar-refractivity contribution is -0.275. The third kappa shape index (κ3) is 5.95. The number of carbonyl (C=O) groups is 1. The molecule has 1 atom stereocenters. The number of carbonyl (C=O) groups excluding carboxylic acids is 1. The summed E-state index contributed by atoms with van der Waals surface area (Å²) in [5.74, 6) is -0.389. The zero-order valence-corrected chi connectivity index (χ0v) is 23.3. The largest absolute Gasteiger partial charge is 0.435 e. The normalized spacial score (nSPS) is 17.8. The number of amides is 1. The summed E-state index contributed by atoms with van der Waals surface area (Å²) < 4.78 is 43.5. The molecule has 1 heterocycles. The SMILES string of the molecule is CC(C)(C)O/N=C/CNC(=O)c1ccc(C2=NOC(c3cc(Cl)c(Cl)c(Cl)c3)(C(F)(F)F)C2)c2ccccc12. The molecule has 0 saturated carbocycles. The molecule has 3 aromatic carbocycles. The van der Waals surface area contributed by atoms with Gasteiger partial charge in [-0.05, 0) is 49.7 Å². The molecular formula is C27H23Cl3F3N3O3. The van der Waals surface area contributed by atoms with Gasteiger partial charge in [0.1, 0.15) is 5.60 Å². The number of oxime groups is 2. The van der Waals surface area contributed by atoms with E-state index in [1.807, 2.05) is 20.8 Å². The molecule has 1 aliphatic rings. The molecule has 1 aliphatic heterocycles. The van der Waals surface area contributed by atoms with Gasteiger partial charge in [-0.25, -0.2) is 0 Å². The van der Waals surface area contributed by atoms with E-state index in [0.29, 0.717) is 21.9 Å². The molecule has 12 heteroatoms. The Hall–Kier alpha value is -3.01. The van der Waals surface area contributed by atoms with Crippen LogP contribution in [0.2, 0.25) is 15.1 Å². The van der Waals surface area contributed by atoms with E-state index in [-0.39, 0.29) is 38.8 Å². The molecule has 1 N–H and O–H groups in total. The average molecular weight is 601 g/mol. The lowest BCUT2D eigenvalue weighted by atomic mass is 9.85. The average Bonchev–Trinajstić information content (AvgIpc) is 3.32. The first-order valence-corrected chi connectivity index (χ1v) is 12.8. The highest BCUT2D eigenvalue weighted by molar-refractivity contribution is 6.48. The van der Waals surface area contributed by atoms with Crippen molar-refractivity contribution in [1.29, 1.82) is 0 Å². The molecule has 0 saturated heterocycles. The van der Waals surface area contributed by atoms with Crippen molar-refractivity contribution in [1.82, 2.24) is 5.32 Å². The van der Waals surface area contributed by atoms with Gasteiger partial charge in [0, 0.05) is 23.1 Å². The summed E-state index contributed by atoms with van der Waals surface area (Å²) in [6.45, 7) is 5.64.